The van der Waals surface area contributed by atoms with Crippen LogP contribution in [0.5, 0.6) is 0 Å². The maximum absolute atomic E-state index is 10.8. The molecule has 1 aliphatic heterocycles. The summed E-state index contributed by atoms with van der Waals surface area (Å²) in [5.74, 6) is 0.838. The van der Waals surface area contributed by atoms with Crippen LogP contribution in [0.4, 0.5) is 0 Å². The summed E-state index contributed by atoms with van der Waals surface area (Å²) in [6, 6.07) is 0.718. The van der Waals surface area contributed by atoms with E-state index in [9.17, 15) is 4.21 Å². The maximum atomic E-state index is 10.8. The molecule has 1 unspecified atom stereocenters. The van der Waals surface area contributed by atoms with E-state index in [1.54, 1.807) is 6.26 Å². The molecule has 72 valence electrons. The predicted molar refractivity (Wildman–Crippen MR) is 52.8 cm³/mol. The third kappa shape index (κ3) is 3.21. The van der Waals surface area contributed by atoms with Gasteiger partial charge in [-0.3, -0.25) is 4.21 Å². The Morgan fingerprint density at radius 3 is 2.67 bits per heavy atom. The van der Waals surface area contributed by atoms with E-state index in [2.05, 4.69) is 17.3 Å². The first-order valence-corrected chi connectivity index (χ1v) is 6.14. The monoisotopic (exact) mass is 190 g/mol. The first-order chi connectivity index (χ1) is 5.70. The average molecular weight is 190 g/mol. The zero-order valence-corrected chi connectivity index (χ0v) is 8.69. The molecule has 0 spiro atoms. The molecule has 0 amide bonds. The van der Waals surface area contributed by atoms with Crippen molar-refractivity contribution in [2.24, 2.45) is 0 Å². The zero-order valence-electron chi connectivity index (χ0n) is 7.88. The van der Waals surface area contributed by atoms with E-state index in [0.717, 1.165) is 37.8 Å². The first kappa shape index (κ1) is 10.2. The molecule has 1 N–H and O–H groups in total. The Balaban J connectivity index is 2.01. The minimum absolute atomic E-state index is 0.621. The summed E-state index contributed by atoms with van der Waals surface area (Å²) in [7, 11) is 1.52. The Hall–Kier alpha value is 0.0700. The summed E-state index contributed by atoms with van der Waals surface area (Å²) in [6.07, 6.45) is 2.82. The molecule has 4 heteroatoms. The van der Waals surface area contributed by atoms with Crippen LogP contribution in [-0.4, -0.2) is 53.8 Å². The third-order valence-electron chi connectivity index (χ3n) is 2.33. The molecule has 0 saturated carbocycles. The van der Waals surface area contributed by atoms with Crippen LogP contribution in [0.25, 0.3) is 0 Å². The maximum Gasteiger partial charge on any atom is 0.0342 e. The van der Waals surface area contributed by atoms with Crippen LogP contribution in [0.3, 0.4) is 0 Å². The van der Waals surface area contributed by atoms with Crippen LogP contribution in [0, 0.1) is 0 Å². The summed E-state index contributed by atoms with van der Waals surface area (Å²) in [6.45, 7) is 3.31. The molecule has 0 aromatic carbocycles. The number of hydrogen-bond donors (Lipinski definition) is 1. The van der Waals surface area contributed by atoms with Gasteiger partial charge in [-0.25, -0.2) is 0 Å². The van der Waals surface area contributed by atoms with Crippen molar-refractivity contribution in [3.63, 3.8) is 0 Å². The van der Waals surface area contributed by atoms with Crippen LogP contribution in [0.1, 0.15) is 6.42 Å². The fourth-order valence-corrected chi connectivity index (χ4v) is 1.82. The summed E-state index contributed by atoms with van der Waals surface area (Å²) in [5, 5.41) is 3.24. The normalized spacial score (nSPS) is 20.9. The molecule has 0 aromatic heterocycles. The van der Waals surface area contributed by atoms with E-state index in [1.807, 2.05) is 0 Å². The van der Waals surface area contributed by atoms with Gasteiger partial charge in [0.1, 0.15) is 0 Å². The molecule has 12 heavy (non-hydrogen) atoms. The smallest absolute Gasteiger partial charge is 0.0342 e. The van der Waals surface area contributed by atoms with E-state index >= 15 is 0 Å². The highest BCUT2D eigenvalue weighted by atomic mass is 32.2. The minimum Gasteiger partial charge on any atom is -0.314 e. The van der Waals surface area contributed by atoms with Gasteiger partial charge in [0.2, 0.25) is 0 Å². The highest BCUT2D eigenvalue weighted by Gasteiger charge is 2.20. The van der Waals surface area contributed by atoms with E-state index < -0.39 is 10.8 Å². The van der Waals surface area contributed by atoms with Gasteiger partial charge in [-0.1, -0.05) is 0 Å². The van der Waals surface area contributed by atoms with E-state index in [0.29, 0.717) is 0 Å². The largest absolute Gasteiger partial charge is 0.314 e. The molecule has 1 atom stereocenters. The fourth-order valence-electron chi connectivity index (χ4n) is 1.28. The molecule has 0 aromatic rings. The first-order valence-electron chi connectivity index (χ1n) is 4.41. The zero-order chi connectivity index (χ0) is 8.97. The predicted octanol–water partition coefficient (Wildman–Crippen LogP) is -0.341. The molecule has 1 aliphatic rings. The second-order valence-electron chi connectivity index (χ2n) is 3.42. The average Bonchev–Trinajstić information content (AvgIpc) is 1.81. The summed E-state index contributed by atoms with van der Waals surface area (Å²) < 4.78 is 10.8. The molecule has 1 saturated heterocycles. The van der Waals surface area contributed by atoms with Gasteiger partial charge in [0, 0.05) is 41.9 Å². The summed E-state index contributed by atoms with van der Waals surface area (Å²) in [5.41, 5.74) is 0. The Morgan fingerprint density at radius 2 is 2.25 bits per heavy atom. The minimum atomic E-state index is -0.621. The van der Waals surface area contributed by atoms with Crippen molar-refractivity contribution < 1.29 is 4.21 Å². The number of nitrogens with one attached hydrogen (secondary N) is 1. The lowest BCUT2D eigenvalue weighted by molar-refractivity contribution is 0.181. The van der Waals surface area contributed by atoms with Crippen molar-refractivity contribution in [1.29, 1.82) is 0 Å². The van der Waals surface area contributed by atoms with Crippen LogP contribution in [0.15, 0.2) is 0 Å². The van der Waals surface area contributed by atoms with E-state index in [-0.39, 0.29) is 0 Å². The third-order valence-corrected chi connectivity index (χ3v) is 3.19. The van der Waals surface area contributed by atoms with Crippen molar-refractivity contribution in [3.05, 3.63) is 0 Å². The van der Waals surface area contributed by atoms with Crippen LogP contribution >= 0.6 is 0 Å². The van der Waals surface area contributed by atoms with Crippen molar-refractivity contribution in [3.8, 4) is 0 Å². The Bertz CT molecular complexity index is 159. The second kappa shape index (κ2) is 4.94. The Labute approximate surface area is 77.0 Å². The van der Waals surface area contributed by atoms with Gasteiger partial charge in [-0.15, -0.1) is 0 Å². The fraction of sp³-hybridized carbons (Fsp3) is 1.00. The Kier molecular flexibility index (Phi) is 4.18. The lowest BCUT2D eigenvalue weighted by Crippen LogP contribution is -2.56. The van der Waals surface area contributed by atoms with Gasteiger partial charge in [0.15, 0.2) is 0 Å². The van der Waals surface area contributed by atoms with E-state index in [4.69, 9.17) is 0 Å². The molecular formula is C8H18N2OS. The molecule has 0 radical (unpaired) electrons. The standard InChI is InChI=1S/C8H18N2OS/c1-10(8-6-9-7-8)4-3-5-12(2)11/h8-9H,3-7H2,1-2H3. The van der Waals surface area contributed by atoms with Crippen LogP contribution in [-0.2, 0) is 10.8 Å². The van der Waals surface area contributed by atoms with Crippen LogP contribution < -0.4 is 5.32 Å². The molecule has 3 nitrogen and oxygen atoms in total. The van der Waals surface area contributed by atoms with Gasteiger partial charge in [0.25, 0.3) is 0 Å². The van der Waals surface area contributed by atoms with Gasteiger partial charge < -0.3 is 10.2 Å². The number of nitrogens with zero attached hydrogens (tertiary/aromatic N) is 1. The van der Waals surface area contributed by atoms with Crippen molar-refractivity contribution in [1.82, 2.24) is 10.2 Å². The number of likely N-dealkylation sites (N-methyl/N-ethyl adjacent to an activating group) is 1. The topological polar surface area (TPSA) is 32.3 Å². The van der Waals surface area contributed by atoms with E-state index in [1.165, 1.54) is 0 Å². The van der Waals surface area contributed by atoms with Crippen molar-refractivity contribution in [2.75, 3.05) is 38.7 Å². The SMILES string of the molecule is CN(CCCS(C)=O)C1CNC1. The molecule has 0 bridgehead atoms. The molecule has 1 rings (SSSR count). The highest BCUT2D eigenvalue weighted by Crippen LogP contribution is 2.02. The van der Waals surface area contributed by atoms with Gasteiger partial charge in [-0.2, -0.15) is 0 Å². The van der Waals surface area contributed by atoms with Crippen LogP contribution in [0.2, 0.25) is 0 Å². The van der Waals surface area contributed by atoms with Crippen molar-refractivity contribution >= 4 is 10.8 Å². The molecular weight excluding hydrogens is 172 g/mol. The summed E-state index contributed by atoms with van der Waals surface area (Å²) >= 11 is 0. The lowest BCUT2D eigenvalue weighted by Gasteiger charge is -2.35. The lowest BCUT2D eigenvalue weighted by atomic mass is 10.1. The molecule has 1 fully saturated rings. The highest BCUT2D eigenvalue weighted by molar-refractivity contribution is 7.84. The quantitative estimate of drug-likeness (QED) is 0.644. The Morgan fingerprint density at radius 1 is 1.58 bits per heavy atom. The summed E-state index contributed by atoms with van der Waals surface area (Å²) in [4.78, 5) is 2.35. The van der Waals surface area contributed by atoms with Gasteiger partial charge in [0.05, 0.1) is 0 Å². The van der Waals surface area contributed by atoms with Gasteiger partial charge in [-0.05, 0) is 20.0 Å². The molecule has 1 heterocycles. The second-order valence-corrected chi connectivity index (χ2v) is 4.98. The number of rotatable bonds is 5. The number of hydrogen-bond acceptors (Lipinski definition) is 3. The molecule has 0 aliphatic carbocycles. The van der Waals surface area contributed by atoms with Gasteiger partial charge >= 0.3 is 0 Å². The van der Waals surface area contributed by atoms with Crippen molar-refractivity contribution in [2.45, 2.75) is 12.5 Å².